The highest BCUT2D eigenvalue weighted by atomic mass is 16.5. The average Bonchev–Trinajstić information content (AvgIpc) is 2.52. The molecule has 1 aromatic carbocycles. The Morgan fingerprint density at radius 2 is 2.00 bits per heavy atom. The van der Waals surface area contributed by atoms with E-state index in [1.54, 1.807) is 38.2 Å². The molecule has 1 amide bonds. The molecule has 1 rings (SSSR count). The molecule has 118 valence electrons. The standard InChI is InChI=1S/C16H21N3O3/c1-11(2)16(3,10-17)19-14(20)9-22-15(21)12-7-5-6-8-13(12)18-4/h5-8,11,18H,9H2,1-4H3,(H,19,20)/t16-/m0/s1. The van der Waals surface area contributed by atoms with Crippen LogP contribution in [0.25, 0.3) is 0 Å². The number of nitriles is 1. The molecule has 0 aliphatic carbocycles. The number of anilines is 1. The molecule has 22 heavy (non-hydrogen) atoms. The van der Waals surface area contributed by atoms with Gasteiger partial charge in [-0.3, -0.25) is 4.79 Å². The fourth-order valence-electron chi connectivity index (χ4n) is 1.72. The van der Waals surface area contributed by atoms with Crippen LogP contribution < -0.4 is 10.6 Å². The van der Waals surface area contributed by atoms with Gasteiger partial charge in [0.1, 0.15) is 5.54 Å². The molecule has 0 bridgehead atoms. The molecular weight excluding hydrogens is 282 g/mol. The van der Waals surface area contributed by atoms with Crippen LogP contribution in [-0.2, 0) is 9.53 Å². The molecule has 0 saturated heterocycles. The first-order valence-electron chi connectivity index (χ1n) is 7.00. The van der Waals surface area contributed by atoms with Crippen LogP contribution in [-0.4, -0.2) is 31.1 Å². The molecule has 0 saturated carbocycles. The van der Waals surface area contributed by atoms with E-state index in [1.807, 2.05) is 13.8 Å². The van der Waals surface area contributed by atoms with E-state index in [-0.39, 0.29) is 5.92 Å². The molecule has 0 aromatic heterocycles. The van der Waals surface area contributed by atoms with Gasteiger partial charge in [0.25, 0.3) is 5.91 Å². The van der Waals surface area contributed by atoms with Crippen LogP contribution >= 0.6 is 0 Å². The summed E-state index contributed by atoms with van der Waals surface area (Å²) >= 11 is 0. The van der Waals surface area contributed by atoms with E-state index in [9.17, 15) is 9.59 Å². The van der Waals surface area contributed by atoms with E-state index < -0.39 is 24.0 Å². The van der Waals surface area contributed by atoms with Crippen molar-refractivity contribution >= 4 is 17.6 Å². The Bertz CT molecular complexity index is 593. The van der Waals surface area contributed by atoms with Gasteiger partial charge in [0.2, 0.25) is 0 Å². The molecule has 0 spiro atoms. The number of esters is 1. The van der Waals surface area contributed by atoms with Crippen molar-refractivity contribution in [3.63, 3.8) is 0 Å². The second-order valence-corrected chi connectivity index (χ2v) is 5.39. The summed E-state index contributed by atoms with van der Waals surface area (Å²) in [5, 5.41) is 14.6. The molecule has 6 heteroatoms. The lowest BCUT2D eigenvalue weighted by molar-refractivity contribution is -0.125. The number of rotatable bonds is 6. The van der Waals surface area contributed by atoms with Crippen molar-refractivity contribution in [2.45, 2.75) is 26.3 Å². The van der Waals surface area contributed by atoms with Gasteiger partial charge >= 0.3 is 5.97 Å². The average molecular weight is 303 g/mol. The van der Waals surface area contributed by atoms with Gasteiger partial charge in [0.05, 0.1) is 11.6 Å². The Balaban J connectivity index is 2.65. The van der Waals surface area contributed by atoms with Gasteiger partial charge in [-0.25, -0.2) is 4.79 Å². The third-order valence-electron chi connectivity index (χ3n) is 3.54. The lowest BCUT2D eigenvalue weighted by Crippen LogP contribution is -2.50. The van der Waals surface area contributed by atoms with Crippen LogP contribution in [0.1, 0.15) is 31.1 Å². The molecule has 1 aromatic rings. The number of carbonyl (C=O) groups is 2. The molecule has 0 fully saturated rings. The van der Waals surface area contributed by atoms with Crippen LogP contribution in [0.15, 0.2) is 24.3 Å². The minimum absolute atomic E-state index is 0.0674. The van der Waals surface area contributed by atoms with Crippen molar-refractivity contribution in [2.24, 2.45) is 5.92 Å². The zero-order chi connectivity index (χ0) is 16.8. The minimum atomic E-state index is -0.994. The highest BCUT2D eigenvalue weighted by Gasteiger charge is 2.30. The van der Waals surface area contributed by atoms with Gasteiger partial charge < -0.3 is 15.4 Å². The van der Waals surface area contributed by atoms with Crippen LogP contribution in [0.5, 0.6) is 0 Å². The van der Waals surface area contributed by atoms with E-state index in [2.05, 4.69) is 16.7 Å². The fraction of sp³-hybridized carbons (Fsp3) is 0.438. The van der Waals surface area contributed by atoms with Gasteiger partial charge in [-0.1, -0.05) is 26.0 Å². The maximum Gasteiger partial charge on any atom is 0.340 e. The highest BCUT2D eigenvalue weighted by Crippen LogP contribution is 2.16. The quantitative estimate of drug-likeness (QED) is 0.784. The number of hydrogen-bond acceptors (Lipinski definition) is 5. The lowest BCUT2D eigenvalue weighted by atomic mass is 9.90. The van der Waals surface area contributed by atoms with Crippen molar-refractivity contribution in [1.82, 2.24) is 5.32 Å². The number of ether oxygens (including phenoxy) is 1. The summed E-state index contributed by atoms with van der Waals surface area (Å²) in [6.45, 7) is 4.87. The largest absolute Gasteiger partial charge is 0.452 e. The molecule has 6 nitrogen and oxygen atoms in total. The van der Waals surface area contributed by atoms with Crippen LogP contribution in [0.2, 0.25) is 0 Å². The molecule has 0 aliphatic rings. The first kappa shape index (κ1) is 17.5. The van der Waals surface area contributed by atoms with Crippen molar-refractivity contribution in [2.75, 3.05) is 19.0 Å². The Hall–Kier alpha value is -2.55. The molecule has 0 radical (unpaired) electrons. The van der Waals surface area contributed by atoms with Gasteiger partial charge in [0, 0.05) is 12.7 Å². The number of nitrogens with one attached hydrogen (secondary N) is 2. The van der Waals surface area contributed by atoms with E-state index in [1.165, 1.54) is 0 Å². The van der Waals surface area contributed by atoms with E-state index in [4.69, 9.17) is 10.00 Å². The van der Waals surface area contributed by atoms with Gasteiger partial charge in [-0.2, -0.15) is 5.26 Å². The summed E-state index contributed by atoms with van der Waals surface area (Å²) in [6.07, 6.45) is 0. The van der Waals surface area contributed by atoms with Crippen LogP contribution in [0.4, 0.5) is 5.69 Å². The lowest BCUT2D eigenvalue weighted by Gasteiger charge is -2.27. The molecule has 0 unspecified atom stereocenters. The smallest absolute Gasteiger partial charge is 0.340 e. The van der Waals surface area contributed by atoms with Crippen molar-refractivity contribution in [3.8, 4) is 6.07 Å². The Kier molecular flexibility index (Phi) is 5.93. The number of benzene rings is 1. The van der Waals surface area contributed by atoms with Crippen LogP contribution in [0, 0.1) is 17.2 Å². The fourth-order valence-corrected chi connectivity index (χ4v) is 1.72. The highest BCUT2D eigenvalue weighted by molar-refractivity contribution is 5.96. The maximum absolute atomic E-state index is 12.0. The summed E-state index contributed by atoms with van der Waals surface area (Å²) < 4.78 is 5.00. The molecule has 0 heterocycles. The van der Waals surface area contributed by atoms with Gasteiger partial charge in [-0.15, -0.1) is 0 Å². The Morgan fingerprint density at radius 1 is 1.36 bits per heavy atom. The van der Waals surface area contributed by atoms with Gasteiger partial charge in [0.15, 0.2) is 6.61 Å². The Morgan fingerprint density at radius 3 is 2.55 bits per heavy atom. The number of amides is 1. The van der Waals surface area contributed by atoms with Gasteiger partial charge in [-0.05, 0) is 25.0 Å². The third-order valence-corrected chi connectivity index (χ3v) is 3.54. The topological polar surface area (TPSA) is 91.2 Å². The summed E-state index contributed by atoms with van der Waals surface area (Å²) in [5.74, 6) is -1.17. The predicted octanol–water partition coefficient (Wildman–Crippen LogP) is 1.94. The zero-order valence-electron chi connectivity index (χ0n) is 13.3. The summed E-state index contributed by atoms with van der Waals surface area (Å²) in [6, 6.07) is 8.91. The molecular formula is C16H21N3O3. The summed E-state index contributed by atoms with van der Waals surface area (Å²) in [5.41, 5.74) is -0.0199. The molecule has 1 atom stereocenters. The number of hydrogen-bond donors (Lipinski definition) is 2. The van der Waals surface area contributed by atoms with Crippen LogP contribution in [0.3, 0.4) is 0 Å². The van der Waals surface area contributed by atoms with Crippen molar-refractivity contribution < 1.29 is 14.3 Å². The maximum atomic E-state index is 12.0. The third kappa shape index (κ3) is 4.22. The molecule has 0 aliphatic heterocycles. The van der Waals surface area contributed by atoms with E-state index in [0.717, 1.165) is 0 Å². The first-order valence-corrected chi connectivity index (χ1v) is 7.00. The second-order valence-electron chi connectivity index (χ2n) is 5.39. The predicted molar refractivity (Wildman–Crippen MR) is 83.3 cm³/mol. The minimum Gasteiger partial charge on any atom is -0.452 e. The summed E-state index contributed by atoms with van der Waals surface area (Å²) in [7, 11) is 1.69. The monoisotopic (exact) mass is 303 g/mol. The van der Waals surface area contributed by atoms with E-state index in [0.29, 0.717) is 11.3 Å². The van der Waals surface area contributed by atoms with Crippen molar-refractivity contribution in [1.29, 1.82) is 5.26 Å². The number of para-hydroxylation sites is 1. The first-order chi connectivity index (χ1) is 10.3. The number of nitrogens with zero attached hydrogens (tertiary/aromatic N) is 1. The van der Waals surface area contributed by atoms with Crippen molar-refractivity contribution in [3.05, 3.63) is 29.8 Å². The normalized spacial score (nSPS) is 12.9. The second kappa shape index (κ2) is 7.46. The zero-order valence-corrected chi connectivity index (χ0v) is 13.3. The Labute approximate surface area is 130 Å². The number of carbonyl (C=O) groups excluding carboxylic acids is 2. The SMILES string of the molecule is CNc1ccccc1C(=O)OCC(=O)N[C@@](C)(C#N)C(C)C. The molecule has 2 N–H and O–H groups in total. The summed E-state index contributed by atoms with van der Waals surface area (Å²) in [4.78, 5) is 23.8. The van der Waals surface area contributed by atoms with E-state index >= 15 is 0 Å².